The predicted octanol–water partition coefficient (Wildman–Crippen LogP) is 10.0. The first-order valence-corrected chi connectivity index (χ1v) is 15.9. The molecule has 0 atom stereocenters. The number of rotatable bonds is 18. The molecule has 0 spiro atoms. The summed E-state index contributed by atoms with van der Waals surface area (Å²) in [6.45, 7) is 5.82. The summed E-state index contributed by atoms with van der Waals surface area (Å²) in [5.74, 6) is 1.33. The van der Waals surface area contributed by atoms with Crippen molar-refractivity contribution >= 4 is 35.0 Å². The van der Waals surface area contributed by atoms with Crippen LogP contribution in [0.15, 0.2) is 53.6 Å². The molecule has 0 saturated heterocycles. The molecule has 2 aromatic carbocycles. The Morgan fingerprint density at radius 1 is 0.947 bits per heavy atom. The van der Waals surface area contributed by atoms with Crippen LogP contribution in [0.3, 0.4) is 0 Å². The fraction of sp³-hybridized carbons (Fsp3) is 0.531. The maximum absolute atomic E-state index is 13.1. The quantitative estimate of drug-likeness (QED) is 0.185. The number of halogens is 1. The van der Waals surface area contributed by atoms with E-state index in [-0.39, 0.29) is 5.91 Å². The molecule has 3 rings (SSSR count). The van der Waals surface area contributed by atoms with Gasteiger partial charge in [-0.15, -0.1) is 11.8 Å². The van der Waals surface area contributed by atoms with E-state index in [2.05, 4.69) is 35.5 Å². The molecule has 1 aliphatic heterocycles. The zero-order valence-corrected chi connectivity index (χ0v) is 24.8. The molecule has 208 valence electrons. The molecule has 6 heteroatoms. The molecule has 0 fully saturated rings. The molecule has 1 N–H and O–H groups in total. The number of amides is 1. The van der Waals surface area contributed by atoms with Gasteiger partial charge in [0.25, 0.3) is 5.91 Å². The van der Waals surface area contributed by atoms with Crippen molar-refractivity contribution in [2.45, 2.75) is 97.4 Å². The van der Waals surface area contributed by atoms with Crippen molar-refractivity contribution in [2.24, 2.45) is 0 Å². The van der Waals surface area contributed by atoms with E-state index >= 15 is 0 Å². The summed E-state index contributed by atoms with van der Waals surface area (Å²) in [4.78, 5) is 15.5. The molecule has 1 aliphatic rings. The zero-order chi connectivity index (χ0) is 27.0. The second-order valence-corrected chi connectivity index (χ2v) is 11.5. The summed E-state index contributed by atoms with van der Waals surface area (Å²) < 4.78 is 6.03. The molecule has 0 radical (unpaired) electrons. The number of nitrogens with zero attached hydrogens (tertiary/aromatic N) is 1. The Hall–Kier alpha value is -2.11. The Labute approximate surface area is 239 Å². The fourth-order valence-electron chi connectivity index (χ4n) is 4.69. The van der Waals surface area contributed by atoms with Crippen molar-refractivity contribution < 1.29 is 9.53 Å². The van der Waals surface area contributed by atoms with Gasteiger partial charge in [0, 0.05) is 23.0 Å². The molecule has 0 saturated carbocycles. The monoisotopic (exact) mass is 556 g/mol. The zero-order valence-electron chi connectivity index (χ0n) is 23.3. The number of anilines is 1. The molecule has 0 aromatic heterocycles. The number of carbonyl (C=O) groups is 1. The van der Waals surface area contributed by atoms with Gasteiger partial charge < -0.3 is 15.0 Å². The Morgan fingerprint density at radius 3 is 2.29 bits per heavy atom. The number of ether oxygens (including phenoxy) is 1. The number of thioether (sulfide) groups is 1. The van der Waals surface area contributed by atoms with E-state index in [0.29, 0.717) is 22.9 Å². The maximum Gasteiger partial charge on any atom is 0.259 e. The van der Waals surface area contributed by atoms with Crippen LogP contribution in [0.2, 0.25) is 5.02 Å². The molecule has 4 nitrogen and oxygen atoms in total. The van der Waals surface area contributed by atoms with E-state index in [4.69, 9.17) is 16.3 Å². The number of allylic oxidation sites excluding steroid dienone is 1. The van der Waals surface area contributed by atoms with Crippen molar-refractivity contribution in [1.82, 2.24) is 4.90 Å². The van der Waals surface area contributed by atoms with Crippen LogP contribution in [-0.4, -0.2) is 23.3 Å². The number of unbranched alkanes of at least 4 members (excludes halogenated alkanes) is 11. The van der Waals surface area contributed by atoms with Crippen LogP contribution >= 0.6 is 23.4 Å². The average Bonchev–Trinajstić information content (AvgIpc) is 3.31. The molecule has 0 bridgehead atoms. The molecule has 38 heavy (non-hydrogen) atoms. The van der Waals surface area contributed by atoms with Gasteiger partial charge in [-0.05, 0) is 54.6 Å². The van der Waals surface area contributed by atoms with Gasteiger partial charge in [-0.25, -0.2) is 0 Å². The lowest BCUT2D eigenvalue weighted by molar-refractivity contribution is 0.102. The fourth-order valence-corrected chi connectivity index (χ4v) is 5.79. The Balaban J connectivity index is 1.39. The highest BCUT2D eigenvalue weighted by atomic mass is 35.5. The summed E-state index contributed by atoms with van der Waals surface area (Å²) in [5, 5.41) is 5.80. The third-order valence-electron chi connectivity index (χ3n) is 6.99. The second kappa shape index (κ2) is 17.5. The number of nitrogens with one attached hydrogen (secondary N) is 1. The lowest BCUT2D eigenvalue weighted by atomic mass is 10.1. The van der Waals surface area contributed by atoms with Gasteiger partial charge in [0.15, 0.2) is 0 Å². The minimum absolute atomic E-state index is 0.184. The first-order chi connectivity index (χ1) is 18.6. The summed E-state index contributed by atoms with van der Waals surface area (Å²) in [6, 6.07) is 13.3. The van der Waals surface area contributed by atoms with Crippen LogP contribution in [0, 0.1) is 0 Å². The van der Waals surface area contributed by atoms with E-state index in [0.717, 1.165) is 36.5 Å². The molecule has 2 aromatic rings. The number of hydrogen-bond donors (Lipinski definition) is 1. The Kier molecular flexibility index (Phi) is 14.0. The molecular weight excluding hydrogens is 512 g/mol. The van der Waals surface area contributed by atoms with Gasteiger partial charge in [0.2, 0.25) is 0 Å². The van der Waals surface area contributed by atoms with Crippen molar-refractivity contribution in [3.8, 4) is 5.75 Å². The third-order valence-corrected chi connectivity index (χ3v) is 8.19. The Morgan fingerprint density at radius 2 is 1.63 bits per heavy atom. The first-order valence-electron chi connectivity index (χ1n) is 14.4. The highest BCUT2D eigenvalue weighted by Crippen LogP contribution is 2.27. The van der Waals surface area contributed by atoms with Crippen LogP contribution < -0.4 is 10.1 Å². The molecule has 1 amide bonds. The average molecular weight is 557 g/mol. The van der Waals surface area contributed by atoms with Crippen molar-refractivity contribution in [3.05, 3.63) is 69.7 Å². The summed E-state index contributed by atoms with van der Waals surface area (Å²) in [5.41, 5.74) is 3.73. The van der Waals surface area contributed by atoms with Crippen LogP contribution in [0.4, 0.5) is 5.69 Å². The van der Waals surface area contributed by atoms with Crippen LogP contribution in [0.5, 0.6) is 5.75 Å². The second-order valence-electron chi connectivity index (χ2n) is 10.3. The van der Waals surface area contributed by atoms with Crippen LogP contribution in [-0.2, 0) is 6.54 Å². The molecule has 0 aliphatic carbocycles. The normalized spacial score (nSPS) is 13.0. The van der Waals surface area contributed by atoms with E-state index in [9.17, 15) is 4.79 Å². The van der Waals surface area contributed by atoms with Crippen molar-refractivity contribution in [3.63, 3.8) is 0 Å². The van der Waals surface area contributed by atoms with Gasteiger partial charge in [-0.2, -0.15) is 0 Å². The van der Waals surface area contributed by atoms with E-state index in [1.54, 1.807) is 18.2 Å². The smallest absolute Gasteiger partial charge is 0.259 e. The summed E-state index contributed by atoms with van der Waals surface area (Å²) in [6.07, 6.45) is 15.6. The largest absolute Gasteiger partial charge is 0.493 e. The van der Waals surface area contributed by atoms with Gasteiger partial charge in [-0.1, -0.05) is 101 Å². The number of hydrogen-bond acceptors (Lipinski definition) is 4. The van der Waals surface area contributed by atoms with Crippen molar-refractivity contribution in [2.75, 3.05) is 17.8 Å². The lowest BCUT2D eigenvalue weighted by Gasteiger charge is -2.19. The van der Waals surface area contributed by atoms with Gasteiger partial charge in [0.05, 0.1) is 18.0 Å². The first kappa shape index (κ1) is 30.4. The molecule has 1 heterocycles. The van der Waals surface area contributed by atoms with Crippen molar-refractivity contribution in [1.29, 1.82) is 0 Å². The van der Waals surface area contributed by atoms with Gasteiger partial charge in [-0.3, -0.25) is 4.79 Å². The van der Waals surface area contributed by atoms with Gasteiger partial charge in [0.1, 0.15) is 5.75 Å². The minimum atomic E-state index is -0.184. The van der Waals surface area contributed by atoms with Crippen LogP contribution in [0.1, 0.15) is 107 Å². The topological polar surface area (TPSA) is 41.6 Å². The highest BCUT2D eigenvalue weighted by molar-refractivity contribution is 8.02. The van der Waals surface area contributed by atoms with Crippen LogP contribution in [0.25, 0.3) is 0 Å². The number of carbonyl (C=O) groups excluding carboxylic acids is 1. The highest BCUT2D eigenvalue weighted by Gasteiger charge is 2.15. The Bertz CT molecular complexity index is 1030. The molecular formula is C32H45ClN2O2S. The standard InChI is InChI=1S/C32H45ClN2O2S/c1-3-4-5-6-7-8-9-10-11-12-13-14-20-37-31-22-28(33)18-19-30(31)32(36)34-29-17-15-16-27(21-29)23-35-25-38-24-26(35)2/h15-19,21-22,24H,3-14,20,23,25H2,1-2H3,(H,34,36). The SMILES string of the molecule is CCCCCCCCCCCCCCOc1cc(Cl)ccc1C(=O)Nc1cccc(CN2CSC=C2C)c1. The third kappa shape index (κ3) is 10.9. The number of benzene rings is 2. The van der Waals surface area contributed by atoms with E-state index in [1.165, 1.54) is 69.9 Å². The van der Waals surface area contributed by atoms with E-state index in [1.807, 2.05) is 30.0 Å². The van der Waals surface area contributed by atoms with Gasteiger partial charge >= 0.3 is 0 Å². The minimum Gasteiger partial charge on any atom is -0.493 e. The maximum atomic E-state index is 13.1. The molecule has 0 unspecified atom stereocenters. The predicted molar refractivity (Wildman–Crippen MR) is 164 cm³/mol. The summed E-state index contributed by atoms with van der Waals surface area (Å²) >= 11 is 8.04. The summed E-state index contributed by atoms with van der Waals surface area (Å²) in [7, 11) is 0. The van der Waals surface area contributed by atoms with E-state index < -0.39 is 0 Å². The lowest BCUT2D eigenvalue weighted by Crippen LogP contribution is -2.17.